The Morgan fingerprint density at radius 2 is 2.04 bits per heavy atom. The Hall–Kier alpha value is -2.68. The second-order valence-corrected chi connectivity index (χ2v) is 6.37. The molecule has 0 bridgehead atoms. The standard InChI is InChI=1S/C22H23N2O/c1-13(2)19-9-18-17-8-15(4)16(10-21(17)25-22(18)11-23-19)20-7-6-14(3)12-24(20)5/h6-13H,1-5H3/q+1/i1D3,3D3,13D. The van der Waals surface area contributed by atoms with Crippen molar-refractivity contribution in [2.45, 2.75) is 33.4 Å². The summed E-state index contributed by atoms with van der Waals surface area (Å²) < 4.78 is 62.0. The van der Waals surface area contributed by atoms with Gasteiger partial charge in [0.15, 0.2) is 11.8 Å². The number of rotatable bonds is 2. The van der Waals surface area contributed by atoms with E-state index in [0.717, 1.165) is 22.2 Å². The third kappa shape index (κ3) is 2.60. The zero-order valence-electron chi connectivity index (χ0n) is 21.3. The van der Waals surface area contributed by atoms with Gasteiger partial charge in [-0.1, -0.05) is 13.8 Å². The van der Waals surface area contributed by atoms with Crippen LogP contribution in [0.4, 0.5) is 0 Å². The van der Waals surface area contributed by atoms with Crippen molar-refractivity contribution in [2.24, 2.45) is 7.05 Å². The summed E-state index contributed by atoms with van der Waals surface area (Å²) in [7, 11) is 1.80. The van der Waals surface area contributed by atoms with Crippen LogP contribution in [0.5, 0.6) is 0 Å². The maximum absolute atomic E-state index is 8.33. The second-order valence-electron chi connectivity index (χ2n) is 6.37. The number of aryl methyl sites for hydroxylation is 3. The van der Waals surface area contributed by atoms with E-state index in [4.69, 9.17) is 14.0 Å². The van der Waals surface area contributed by atoms with Crippen LogP contribution in [0.2, 0.25) is 0 Å². The van der Waals surface area contributed by atoms with Crippen LogP contribution in [-0.4, -0.2) is 4.98 Å². The van der Waals surface area contributed by atoms with E-state index in [2.05, 4.69) is 4.98 Å². The first kappa shape index (κ1) is 9.71. The molecule has 3 heterocycles. The maximum atomic E-state index is 8.33. The fourth-order valence-corrected chi connectivity index (χ4v) is 3.20. The number of fused-ring (bicyclic) bond motifs is 3. The van der Waals surface area contributed by atoms with Gasteiger partial charge in [0.2, 0.25) is 5.69 Å². The first-order chi connectivity index (χ1) is 14.7. The zero-order chi connectivity index (χ0) is 23.6. The highest BCUT2D eigenvalue weighted by Gasteiger charge is 2.17. The van der Waals surface area contributed by atoms with Gasteiger partial charge < -0.3 is 4.42 Å². The molecule has 0 N–H and O–H groups in total. The molecule has 0 aliphatic rings. The van der Waals surface area contributed by atoms with E-state index in [1.807, 2.05) is 19.1 Å². The average molecular weight is 338 g/mol. The summed E-state index contributed by atoms with van der Waals surface area (Å²) in [5.41, 5.74) is 4.18. The molecule has 0 spiro atoms. The van der Waals surface area contributed by atoms with Gasteiger partial charge in [0.25, 0.3) is 0 Å². The summed E-state index contributed by atoms with van der Waals surface area (Å²) in [5, 5.41) is 1.50. The molecule has 4 aromatic rings. The van der Waals surface area contributed by atoms with E-state index in [1.165, 1.54) is 13.1 Å². The van der Waals surface area contributed by atoms with Gasteiger partial charge in [-0.2, -0.15) is 0 Å². The molecule has 0 saturated heterocycles. The lowest BCUT2D eigenvalue weighted by atomic mass is 10.0. The van der Waals surface area contributed by atoms with Crippen LogP contribution in [0.25, 0.3) is 33.2 Å². The number of aromatic nitrogens is 2. The highest BCUT2D eigenvalue weighted by molar-refractivity contribution is 6.06. The Balaban J connectivity index is 1.88. The number of pyridine rings is 2. The van der Waals surface area contributed by atoms with Crippen molar-refractivity contribution in [1.82, 2.24) is 4.98 Å². The van der Waals surface area contributed by atoms with Gasteiger partial charge in [-0.3, -0.25) is 4.98 Å². The molecule has 25 heavy (non-hydrogen) atoms. The van der Waals surface area contributed by atoms with Crippen LogP contribution >= 0.6 is 0 Å². The number of benzene rings is 1. The van der Waals surface area contributed by atoms with Gasteiger partial charge in [-0.05, 0) is 49.5 Å². The lowest BCUT2D eigenvalue weighted by molar-refractivity contribution is -0.660. The van der Waals surface area contributed by atoms with Crippen molar-refractivity contribution in [3.63, 3.8) is 0 Å². The van der Waals surface area contributed by atoms with E-state index in [1.54, 1.807) is 36.0 Å². The fraction of sp³-hybridized carbons (Fsp3) is 0.273. The minimum atomic E-state index is -2.52. The molecule has 1 atom stereocenters. The first-order valence-corrected chi connectivity index (χ1v) is 8.04. The highest BCUT2D eigenvalue weighted by Crippen LogP contribution is 2.34. The van der Waals surface area contributed by atoms with E-state index in [-0.39, 0.29) is 11.3 Å². The van der Waals surface area contributed by atoms with E-state index >= 15 is 0 Å². The van der Waals surface area contributed by atoms with Crippen molar-refractivity contribution in [1.29, 1.82) is 0 Å². The fourth-order valence-electron chi connectivity index (χ4n) is 3.20. The summed E-state index contributed by atoms with van der Waals surface area (Å²) in [4.78, 5) is 4.19. The minimum Gasteiger partial charge on any atom is -0.454 e. The molecule has 0 fully saturated rings. The predicted molar refractivity (Wildman–Crippen MR) is 102 cm³/mol. The Bertz CT molecular complexity index is 1350. The van der Waals surface area contributed by atoms with Crippen LogP contribution in [0.15, 0.2) is 47.1 Å². The van der Waals surface area contributed by atoms with Crippen molar-refractivity contribution >= 4 is 21.9 Å². The van der Waals surface area contributed by atoms with Crippen LogP contribution in [0.3, 0.4) is 0 Å². The lowest BCUT2D eigenvalue weighted by Crippen LogP contribution is -2.31. The molecule has 0 saturated carbocycles. The zero-order valence-corrected chi connectivity index (χ0v) is 14.3. The summed E-state index contributed by atoms with van der Waals surface area (Å²) in [6.45, 7) is -1.42. The second kappa shape index (κ2) is 5.69. The van der Waals surface area contributed by atoms with Crippen LogP contribution in [0, 0.1) is 13.8 Å². The number of hydrogen-bond acceptors (Lipinski definition) is 2. The summed E-state index contributed by atoms with van der Waals surface area (Å²) in [5.74, 6) is -1.85. The van der Waals surface area contributed by atoms with Gasteiger partial charge in [0.05, 0.1) is 11.8 Å². The Kier molecular flexibility index (Phi) is 2.21. The highest BCUT2D eigenvalue weighted by atomic mass is 16.3. The maximum Gasteiger partial charge on any atom is 0.212 e. The van der Waals surface area contributed by atoms with Crippen LogP contribution in [-0.2, 0) is 7.05 Å². The molecule has 1 aromatic carbocycles. The SMILES string of the molecule is [2H]C([2H])([2H])c1ccc(-c2cc3oc4cnc(C([2H])(C)C([2H])([2H])[2H])cc4c3cc2C)[n+](C)c1. The van der Waals surface area contributed by atoms with Crippen LogP contribution in [0.1, 0.15) is 46.1 Å². The molecule has 0 aliphatic carbocycles. The largest absolute Gasteiger partial charge is 0.454 e. The molecule has 0 amide bonds. The Labute approximate surface area is 157 Å². The van der Waals surface area contributed by atoms with E-state index < -0.39 is 19.6 Å². The van der Waals surface area contributed by atoms with Gasteiger partial charge in [0, 0.05) is 37.7 Å². The molecule has 1 unspecified atom stereocenters. The minimum absolute atomic E-state index is 0.154. The van der Waals surface area contributed by atoms with Gasteiger partial charge >= 0.3 is 0 Å². The number of nitrogens with zero attached hydrogens (tertiary/aromatic N) is 2. The molecule has 3 aromatic heterocycles. The van der Waals surface area contributed by atoms with Gasteiger partial charge in [-0.25, -0.2) is 4.57 Å². The van der Waals surface area contributed by atoms with E-state index in [9.17, 15) is 0 Å². The Morgan fingerprint density at radius 1 is 1.20 bits per heavy atom. The summed E-state index contributed by atoms with van der Waals surface area (Å²) in [6.07, 6.45) is 3.06. The monoisotopic (exact) mass is 338 g/mol. The van der Waals surface area contributed by atoms with Gasteiger partial charge in [0.1, 0.15) is 12.6 Å². The first-order valence-electron chi connectivity index (χ1n) is 11.5. The third-order valence-corrected chi connectivity index (χ3v) is 4.50. The normalized spacial score (nSPS) is 19.2. The lowest BCUT2D eigenvalue weighted by Gasteiger charge is -2.05. The molecule has 3 heteroatoms. The topological polar surface area (TPSA) is 29.9 Å². The predicted octanol–water partition coefficient (Wildman–Crippen LogP) is 5.21. The Morgan fingerprint density at radius 3 is 2.80 bits per heavy atom. The van der Waals surface area contributed by atoms with E-state index in [0.29, 0.717) is 16.6 Å². The molecule has 126 valence electrons. The summed E-state index contributed by atoms with van der Waals surface area (Å²) in [6, 6.07) is 8.84. The van der Waals surface area contributed by atoms with Crippen LogP contribution < -0.4 is 4.57 Å². The third-order valence-electron chi connectivity index (χ3n) is 4.50. The quantitative estimate of drug-likeness (QED) is 0.469. The summed E-state index contributed by atoms with van der Waals surface area (Å²) >= 11 is 0. The molecular formula is C22H23N2O+. The van der Waals surface area contributed by atoms with Crippen molar-refractivity contribution < 1.29 is 18.6 Å². The smallest absolute Gasteiger partial charge is 0.212 e. The molecule has 0 aliphatic heterocycles. The van der Waals surface area contributed by atoms with Crippen molar-refractivity contribution in [3.05, 3.63) is 59.5 Å². The van der Waals surface area contributed by atoms with Crippen molar-refractivity contribution in [2.75, 3.05) is 0 Å². The van der Waals surface area contributed by atoms with Crippen molar-refractivity contribution in [3.8, 4) is 11.3 Å². The molecule has 4 rings (SSSR count). The number of furan rings is 1. The molecule has 0 radical (unpaired) electrons. The average Bonchev–Trinajstić information content (AvgIpc) is 3.02. The molecular weight excluding hydrogens is 308 g/mol. The number of hydrogen-bond donors (Lipinski definition) is 0. The van der Waals surface area contributed by atoms with Gasteiger partial charge in [-0.15, -0.1) is 0 Å². The molecule has 3 nitrogen and oxygen atoms in total.